The summed E-state index contributed by atoms with van der Waals surface area (Å²) in [7, 11) is 1.58. The molecule has 0 spiro atoms. The molecule has 0 saturated heterocycles. The summed E-state index contributed by atoms with van der Waals surface area (Å²) in [6.45, 7) is 0. The van der Waals surface area contributed by atoms with Gasteiger partial charge in [0.05, 0.1) is 7.11 Å². The number of hydrogen-bond donors (Lipinski definition) is 1. The Labute approximate surface area is 101 Å². The minimum absolute atomic E-state index is 0.0807. The van der Waals surface area contributed by atoms with Gasteiger partial charge < -0.3 is 10.5 Å². The molecule has 0 aliphatic heterocycles. The Balaban J connectivity index is 2.38. The number of ether oxygens (including phenoxy) is 1. The summed E-state index contributed by atoms with van der Waals surface area (Å²) < 4.78 is 5.01. The smallest absolute Gasteiger partial charge is 0.217 e. The first-order valence-corrected chi connectivity index (χ1v) is 5.59. The Hall–Kier alpha value is -1.84. The fourth-order valence-electron chi connectivity index (χ4n) is 1.51. The van der Waals surface area contributed by atoms with Crippen molar-refractivity contribution in [2.45, 2.75) is 25.7 Å². The first kappa shape index (κ1) is 13.2. The third kappa shape index (κ3) is 4.68. The van der Waals surface area contributed by atoms with Crippen LogP contribution in [-0.4, -0.2) is 18.8 Å². The highest BCUT2D eigenvalue weighted by Gasteiger charge is 2.06. The average Bonchev–Trinajstić information content (AvgIpc) is 2.34. The summed E-state index contributed by atoms with van der Waals surface area (Å²) in [6, 6.07) is 7.01. The van der Waals surface area contributed by atoms with Crippen molar-refractivity contribution in [2.24, 2.45) is 5.73 Å². The molecule has 0 fully saturated rings. The number of benzene rings is 1. The van der Waals surface area contributed by atoms with E-state index in [1.807, 2.05) is 0 Å². The molecule has 0 aromatic heterocycles. The minimum atomic E-state index is -0.318. The predicted molar refractivity (Wildman–Crippen MR) is 65.0 cm³/mol. The highest BCUT2D eigenvalue weighted by molar-refractivity contribution is 5.96. The number of Topliss-reactive ketones (excluding diaryl/α,β-unsaturated/α-hetero) is 1. The van der Waals surface area contributed by atoms with Gasteiger partial charge in [0.1, 0.15) is 5.75 Å². The number of ketones is 1. The van der Waals surface area contributed by atoms with Gasteiger partial charge in [-0.05, 0) is 37.1 Å². The standard InChI is InChI=1S/C13H17NO3/c1-17-11-8-6-10(7-9-11)12(15)4-2-3-5-13(14)16/h6-9H,2-5H2,1H3,(H2,14,16). The number of carbonyl (C=O) groups is 2. The van der Waals surface area contributed by atoms with Gasteiger partial charge in [-0.2, -0.15) is 0 Å². The first-order chi connectivity index (χ1) is 8.13. The van der Waals surface area contributed by atoms with E-state index < -0.39 is 0 Å². The molecule has 1 amide bonds. The Morgan fingerprint density at radius 3 is 2.24 bits per heavy atom. The zero-order valence-corrected chi connectivity index (χ0v) is 9.94. The molecule has 0 aliphatic carbocycles. The Bertz CT molecular complexity index is 384. The topological polar surface area (TPSA) is 69.4 Å². The van der Waals surface area contributed by atoms with E-state index in [2.05, 4.69) is 0 Å². The molecule has 0 radical (unpaired) electrons. The van der Waals surface area contributed by atoms with Crippen LogP contribution in [0.3, 0.4) is 0 Å². The second-order valence-corrected chi connectivity index (χ2v) is 3.83. The van der Waals surface area contributed by atoms with Gasteiger partial charge in [-0.1, -0.05) is 0 Å². The molecule has 1 aromatic rings. The van der Waals surface area contributed by atoms with Crippen LogP contribution in [0.25, 0.3) is 0 Å². The van der Waals surface area contributed by atoms with Gasteiger partial charge >= 0.3 is 0 Å². The van der Waals surface area contributed by atoms with E-state index in [0.717, 1.165) is 5.75 Å². The summed E-state index contributed by atoms with van der Waals surface area (Å²) in [4.78, 5) is 22.2. The molecule has 2 N–H and O–H groups in total. The molecule has 4 heteroatoms. The molecule has 0 bridgehead atoms. The number of rotatable bonds is 7. The van der Waals surface area contributed by atoms with E-state index in [4.69, 9.17) is 10.5 Å². The molecule has 0 unspecified atom stereocenters. The molecule has 1 aromatic carbocycles. The summed E-state index contributed by atoms with van der Waals surface area (Å²) in [5.41, 5.74) is 5.69. The lowest BCUT2D eigenvalue weighted by atomic mass is 10.0. The Kier molecular flexibility index (Phi) is 5.20. The number of nitrogens with two attached hydrogens (primary N) is 1. The number of primary amides is 1. The van der Waals surface area contributed by atoms with E-state index in [9.17, 15) is 9.59 Å². The maximum Gasteiger partial charge on any atom is 0.217 e. The van der Waals surface area contributed by atoms with Crippen molar-refractivity contribution in [3.8, 4) is 5.75 Å². The van der Waals surface area contributed by atoms with Crippen LogP contribution in [-0.2, 0) is 4.79 Å². The molecule has 0 saturated carbocycles. The van der Waals surface area contributed by atoms with Gasteiger partial charge in [0.15, 0.2) is 5.78 Å². The fourth-order valence-corrected chi connectivity index (χ4v) is 1.51. The predicted octanol–water partition coefficient (Wildman–Crippen LogP) is 1.92. The van der Waals surface area contributed by atoms with Crippen LogP contribution in [0.2, 0.25) is 0 Å². The van der Waals surface area contributed by atoms with Gasteiger partial charge in [-0.25, -0.2) is 0 Å². The molecule has 0 heterocycles. The van der Waals surface area contributed by atoms with Gasteiger partial charge in [0, 0.05) is 18.4 Å². The van der Waals surface area contributed by atoms with E-state index in [0.29, 0.717) is 31.2 Å². The lowest BCUT2D eigenvalue weighted by Crippen LogP contribution is -2.10. The normalized spacial score (nSPS) is 9.94. The van der Waals surface area contributed by atoms with Gasteiger partial charge in [-0.3, -0.25) is 9.59 Å². The van der Waals surface area contributed by atoms with Crippen molar-refractivity contribution in [1.82, 2.24) is 0 Å². The second kappa shape index (κ2) is 6.68. The summed E-state index contributed by atoms with van der Waals surface area (Å²) in [5.74, 6) is 0.495. The maximum absolute atomic E-state index is 11.7. The molecule has 0 aliphatic rings. The van der Waals surface area contributed by atoms with E-state index in [1.54, 1.807) is 31.4 Å². The van der Waals surface area contributed by atoms with Crippen LogP contribution < -0.4 is 10.5 Å². The first-order valence-electron chi connectivity index (χ1n) is 5.59. The third-order valence-corrected chi connectivity index (χ3v) is 2.49. The lowest BCUT2D eigenvalue weighted by Gasteiger charge is -2.02. The van der Waals surface area contributed by atoms with Crippen molar-refractivity contribution in [1.29, 1.82) is 0 Å². The van der Waals surface area contributed by atoms with Crippen LogP contribution in [0.4, 0.5) is 0 Å². The van der Waals surface area contributed by atoms with Crippen molar-refractivity contribution < 1.29 is 14.3 Å². The second-order valence-electron chi connectivity index (χ2n) is 3.83. The van der Waals surface area contributed by atoms with Crippen LogP contribution in [0.1, 0.15) is 36.0 Å². The summed E-state index contributed by atoms with van der Waals surface area (Å²) >= 11 is 0. The molecule has 92 valence electrons. The summed E-state index contributed by atoms with van der Waals surface area (Å²) in [6.07, 6.45) is 2.14. The van der Waals surface area contributed by atoms with Crippen LogP contribution in [0, 0.1) is 0 Å². The van der Waals surface area contributed by atoms with Crippen molar-refractivity contribution in [2.75, 3.05) is 7.11 Å². The Morgan fingerprint density at radius 1 is 1.12 bits per heavy atom. The van der Waals surface area contributed by atoms with E-state index >= 15 is 0 Å². The zero-order chi connectivity index (χ0) is 12.7. The zero-order valence-electron chi connectivity index (χ0n) is 9.94. The van der Waals surface area contributed by atoms with Crippen molar-refractivity contribution >= 4 is 11.7 Å². The van der Waals surface area contributed by atoms with Crippen LogP contribution in [0.15, 0.2) is 24.3 Å². The maximum atomic E-state index is 11.7. The highest BCUT2D eigenvalue weighted by atomic mass is 16.5. The quantitative estimate of drug-likeness (QED) is 0.580. The molecule has 0 atom stereocenters. The van der Waals surface area contributed by atoms with Gasteiger partial charge in [0.2, 0.25) is 5.91 Å². The molecule has 17 heavy (non-hydrogen) atoms. The average molecular weight is 235 g/mol. The number of methoxy groups -OCH3 is 1. The third-order valence-electron chi connectivity index (χ3n) is 2.49. The number of unbranched alkanes of at least 4 members (excludes halogenated alkanes) is 1. The van der Waals surface area contributed by atoms with Crippen molar-refractivity contribution in [3.05, 3.63) is 29.8 Å². The Morgan fingerprint density at radius 2 is 1.71 bits per heavy atom. The monoisotopic (exact) mass is 235 g/mol. The number of carbonyl (C=O) groups excluding carboxylic acids is 2. The van der Waals surface area contributed by atoms with E-state index in [1.165, 1.54) is 0 Å². The molecule has 1 rings (SSSR count). The summed E-state index contributed by atoms with van der Waals surface area (Å²) in [5, 5.41) is 0. The lowest BCUT2D eigenvalue weighted by molar-refractivity contribution is -0.118. The van der Waals surface area contributed by atoms with Crippen LogP contribution in [0.5, 0.6) is 5.75 Å². The van der Waals surface area contributed by atoms with Crippen molar-refractivity contribution in [3.63, 3.8) is 0 Å². The number of hydrogen-bond acceptors (Lipinski definition) is 3. The van der Waals surface area contributed by atoms with Gasteiger partial charge in [-0.15, -0.1) is 0 Å². The van der Waals surface area contributed by atoms with Crippen LogP contribution >= 0.6 is 0 Å². The van der Waals surface area contributed by atoms with Gasteiger partial charge in [0.25, 0.3) is 0 Å². The molecular weight excluding hydrogens is 218 g/mol. The fraction of sp³-hybridized carbons (Fsp3) is 0.385. The molecule has 4 nitrogen and oxygen atoms in total. The largest absolute Gasteiger partial charge is 0.497 e. The SMILES string of the molecule is COc1ccc(C(=O)CCCCC(N)=O)cc1. The highest BCUT2D eigenvalue weighted by Crippen LogP contribution is 2.14. The molecular formula is C13H17NO3. The minimum Gasteiger partial charge on any atom is -0.497 e. The van der Waals surface area contributed by atoms with E-state index in [-0.39, 0.29) is 11.7 Å². The number of amides is 1.